The Bertz CT molecular complexity index is 707. The summed E-state index contributed by atoms with van der Waals surface area (Å²) in [7, 11) is 4.19. The zero-order chi connectivity index (χ0) is 16.0. The second kappa shape index (κ2) is 5.64. The first-order chi connectivity index (χ1) is 11.1. The smallest absolute Gasteiger partial charge is 0.273 e. The molecule has 1 aromatic heterocycles. The van der Waals surface area contributed by atoms with E-state index in [0.717, 1.165) is 49.2 Å². The number of rotatable bonds is 4. The Morgan fingerprint density at radius 3 is 2.78 bits per heavy atom. The van der Waals surface area contributed by atoms with Crippen LogP contribution in [0.15, 0.2) is 10.7 Å². The molecule has 0 spiro atoms. The van der Waals surface area contributed by atoms with Crippen LogP contribution in [0.1, 0.15) is 48.2 Å². The molecule has 0 bridgehead atoms. The maximum atomic E-state index is 12.2. The number of carbonyl (C=O) groups is 1. The van der Waals surface area contributed by atoms with Crippen molar-refractivity contribution < 1.29 is 4.79 Å². The lowest BCUT2D eigenvalue weighted by atomic mass is 9.94. The summed E-state index contributed by atoms with van der Waals surface area (Å²) in [5.74, 6) is 0.414. The van der Waals surface area contributed by atoms with Crippen molar-refractivity contribution in [2.24, 2.45) is 11.0 Å². The molecule has 1 saturated carbocycles. The van der Waals surface area contributed by atoms with Crippen LogP contribution in [0.3, 0.4) is 0 Å². The fraction of sp³-hybridized carbons (Fsp3) is 0.556. The number of hydrogen-bond acceptors (Lipinski definition) is 3. The van der Waals surface area contributed by atoms with E-state index in [1.165, 1.54) is 29.7 Å². The zero-order valence-electron chi connectivity index (χ0n) is 13.9. The van der Waals surface area contributed by atoms with Gasteiger partial charge in [-0.2, -0.15) is 5.10 Å². The maximum absolute atomic E-state index is 12.2. The van der Waals surface area contributed by atoms with Gasteiger partial charge in [0, 0.05) is 23.9 Å². The summed E-state index contributed by atoms with van der Waals surface area (Å²) in [6.45, 7) is 0.905. The Morgan fingerprint density at radius 2 is 2.04 bits per heavy atom. The molecule has 0 aromatic carbocycles. The molecular formula is C18H24N4O. The predicted octanol–water partition coefficient (Wildman–Crippen LogP) is 2.23. The van der Waals surface area contributed by atoms with E-state index in [2.05, 4.69) is 34.5 Å². The SMILES string of the molecule is CN(C)Cc1c(/C=C2/C(=O)NN=C2C2CC2)[nH]c2c1CCCC2. The summed E-state index contributed by atoms with van der Waals surface area (Å²) in [5.41, 5.74) is 9.65. The van der Waals surface area contributed by atoms with Crippen molar-refractivity contribution in [1.82, 2.24) is 15.3 Å². The van der Waals surface area contributed by atoms with Crippen molar-refractivity contribution in [2.45, 2.75) is 45.1 Å². The highest BCUT2D eigenvalue weighted by Crippen LogP contribution is 2.36. The van der Waals surface area contributed by atoms with Gasteiger partial charge in [0.25, 0.3) is 5.91 Å². The van der Waals surface area contributed by atoms with Crippen LogP contribution in [0.5, 0.6) is 0 Å². The number of aryl methyl sites for hydroxylation is 1. The van der Waals surface area contributed by atoms with Gasteiger partial charge in [-0.25, -0.2) is 5.43 Å². The molecule has 5 heteroatoms. The fourth-order valence-electron chi connectivity index (χ4n) is 3.70. The molecule has 5 nitrogen and oxygen atoms in total. The highest BCUT2D eigenvalue weighted by molar-refractivity contribution is 6.28. The zero-order valence-corrected chi connectivity index (χ0v) is 13.9. The molecule has 1 amide bonds. The molecule has 0 atom stereocenters. The number of nitrogens with one attached hydrogen (secondary N) is 2. The Kier molecular flexibility index (Phi) is 3.60. The van der Waals surface area contributed by atoms with Gasteiger partial charge in [-0.1, -0.05) is 0 Å². The normalized spacial score (nSPS) is 22.5. The lowest BCUT2D eigenvalue weighted by Crippen LogP contribution is -2.15. The lowest BCUT2D eigenvalue weighted by molar-refractivity contribution is -0.116. The Morgan fingerprint density at radius 1 is 1.26 bits per heavy atom. The number of amides is 1. The molecular weight excluding hydrogens is 288 g/mol. The summed E-state index contributed by atoms with van der Waals surface area (Å²) < 4.78 is 0. The van der Waals surface area contributed by atoms with Crippen LogP contribution in [0.2, 0.25) is 0 Å². The highest BCUT2D eigenvalue weighted by atomic mass is 16.2. The molecule has 0 saturated heterocycles. The minimum Gasteiger partial charge on any atom is -0.358 e. The molecule has 1 fully saturated rings. The maximum Gasteiger partial charge on any atom is 0.273 e. The number of hydrazone groups is 1. The molecule has 3 aliphatic rings. The minimum atomic E-state index is -0.0599. The van der Waals surface area contributed by atoms with Crippen LogP contribution in [0.25, 0.3) is 6.08 Å². The third kappa shape index (κ3) is 2.74. The summed E-state index contributed by atoms with van der Waals surface area (Å²) in [5, 5.41) is 4.25. The van der Waals surface area contributed by atoms with Gasteiger partial charge in [0.2, 0.25) is 0 Å². The molecule has 1 aliphatic heterocycles. The second-order valence-electron chi connectivity index (χ2n) is 7.19. The topological polar surface area (TPSA) is 60.5 Å². The first-order valence-electron chi connectivity index (χ1n) is 8.61. The fourth-order valence-corrected chi connectivity index (χ4v) is 3.70. The van der Waals surface area contributed by atoms with E-state index in [1.54, 1.807) is 0 Å². The standard InChI is InChI=1S/C18H24N4O/c1-22(2)10-14-12-5-3-4-6-15(12)19-16(14)9-13-17(11-7-8-11)20-21-18(13)23/h9,11,19H,3-8,10H2,1-2H3,(H,21,23)/b13-9+. The van der Waals surface area contributed by atoms with E-state index in [4.69, 9.17) is 0 Å². The first kappa shape index (κ1) is 14.7. The van der Waals surface area contributed by atoms with Crippen LogP contribution in [-0.2, 0) is 24.2 Å². The van der Waals surface area contributed by atoms with Crippen molar-refractivity contribution >= 4 is 17.7 Å². The first-order valence-corrected chi connectivity index (χ1v) is 8.61. The van der Waals surface area contributed by atoms with Crippen LogP contribution in [-0.4, -0.2) is 35.6 Å². The summed E-state index contributed by atoms with van der Waals surface area (Å²) in [6.07, 6.45) is 9.11. The second-order valence-corrected chi connectivity index (χ2v) is 7.19. The van der Waals surface area contributed by atoms with Crippen molar-refractivity contribution in [3.63, 3.8) is 0 Å². The third-order valence-corrected chi connectivity index (χ3v) is 4.97. The number of fused-ring (bicyclic) bond motifs is 1. The molecule has 2 N–H and O–H groups in total. The number of H-pyrrole nitrogens is 1. The van der Waals surface area contributed by atoms with E-state index in [9.17, 15) is 4.79 Å². The van der Waals surface area contributed by atoms with Gasteiger partial charge in [0.15, 0.2) is 0 Å². The van der Waals surface area contributed by atoms with Crippen LogP contribution in [0.4, 0.5) is 0 Å². The van der Waals surface area contributed by atoms with Gasteiger partial charge in [-0.05, 0) is 69.8 Å². The van der Waals surface area contributed by atoms with E-state index >= 15 is 0 Å². The Balaban J connectivity index is 1.75. The van der Waals surface area contributed by atoms with E-state index in [0.29, 0.717) is 5.92 Å². The van der Waals surface area contributed by atoms with E-state index in [1.807, 2.05) is 6.08 Å². The summed E-state index contributed by atoms with van der Waals surface area (Å²) in [6, 6.07) is 0. The van der Waals surface area contributed by atoms with Gasteiger partial charge in [0.1, 0.15) is 0 Å². The van der Waals surface area contributed by atoms with E-state index in [-0.39, 0.29) is 5.91 Å². The average Bonchev–Trinajstić information content (AvgIpc) is 3.23. The number of aromatic amines is 1. The quantitative estimate of drug-likeness (QED) is 0.838. The number of aromatic nitrogens is 1. The number of hydrogen-bond donors (Lipinski definition) is 2. The molecule has 0 unspecified atom stereocenters. The lowest BCUT2D eigenvalue weighted by Gasteiger charge is -2.15. The Labute approximate surface area is 136 Å². The van der Waals surface area contributed by atoms with Gasteiger partial charge in [-0.3, -0.25) is 4.79 Å². The van der Waals surface area contributed by atoms with E-state index < -0.39 is 0 Å². The molecule has 2 aliphatic carbocycles. The minimum absolute atomic E-state index is 0.0599. The molecule has 2 heterocycles. The van der Waals surface area contributed by atoms with Crippen LogP contribution >= 0.6 is 0 Å². The molecule has 1 aromatic rings. The van der Waals surface area contributed by atoms with Crippen LogP contribution < -0.4 is 5.43 Å². The van der Waals surface area contributed by atoms with Gasteiger partial charge in [-0.15, -0.1) is 0 Å². The number of nitrogens with zero attached hydrogens (tertiary/aromatic N) is 2. The predicted molar refractivity (Wildman–Crippen MR) is 91.1 cm³/mol. The number of carbonyl (C=O) groups excluding carboxylic acids is 1. The van der Waals surface area contributed by atoms with Crippen molar-refractivity contribution in [2.75, 3.05) is 14.1 Å². The molecule has 0 radical (unpaired) electrons. The Hall–Kier alpha value is -1.88. The molecule has 4 rings (SSSR count). The van der Waals surface area contributed by atoms with Gasteiger partial charge in [0.05, 0.1) is 11.3 Å². The van der Waals surface area contributed by atoms with Crippen molar-refractivity contribution in [3.8, 4) is 0 Å². The summed E-state index contributed by atoms with van der Waals surface area (Å²) in [4.78, 5) is 18.0. The monoisotopic (exact) mass is 312 g/mol. The largest absolute Gasteiger partial charge is 0.358 e. The van der Waals surface area contributed by atoms with Crippen LogP contribution in [0, 0.1) is 5.92 Å². The van der Waals surface area contributed by atoms with Gasteiger partial charge < -0.3 is 9.88 Å². The van der Waals surface area contributed by atoms with Gasteiger partial charge >= 0.3 is 0 Å². The molecule has 122 valence electrons. The third-order valence-electron chi connectivity index (χ3n) is 4.97. The van der Waals surface area contributed by atoms with Crippen molar-refractivity contribution in [1.29, 1.82) is 0 Å². The van der Waals surface area contributed by atoms with Crippen molar-refractivity contribution in [3.05, 3.63) is 28.1 Å². The summed E-state index contributed by atoms with van der Waals surface area (Å²) >= 11 is 0. The average molecular weight is 312 g/mol. The highest BCUT2D eigenvalue weighted by Gasteiger charge is 2.36. The molecule has 23 heavy (non-hydrogen) atoms.